The minimum absolute atomic E-state index is 0.119. The first kappa shape index (κ1) is 15.7. The summed E-state index contributed by atoms with van der Waals surface area (Å²) in [7, 11) is 0. The van der Waals surface area contributed by atoms with E-state index in [0.29, 0.717) is 10.8 Å². The third-order valence-corrected chi connectivity index (χ3v) is 4.73. The lowest BCUT2D eigenvalue weighted by molar-refractivity contribution is 0.472. The van der Waals surface area contributed by atoms with Crippen molar-refractivity contribution in [1.29, 1.82) is 0 Å². The van der Waals surface area contributed by atoms with Gasteiger partial charge in [0.2, 0.25) is 0 Å². The molecule has 3 heterocycles. The second-order valence-electron chi connectivity index (χ2n) is 6.08. The van der Waals surface area contributed by atoms with Gasteiger partial charge in [0.15, 0.2) is 5.11 Å². The Hall–Kier alpha value is -2.86. The van der Waals surface area contributed by atoms with Crippen LogP contribution in [0.5, 0.6) is 5.75 Å². The van der Waals surface area contributed by atoms with Crippen molar-refractivity contribution in [3.8, 4) is 5.75 Å². The highest BCUT2D eigenvalue weighted by molar-refractivity contribution is 7.80. The molecule has 126 valence electrons. The number of rotatable bonds is 3. The number of phenols is 1. The minimum Gasteiger partial charge on any atom is -0.506 e. The average molecular weight is 350 g/mol. The predicted molar refractivity (Wildman–Crippen MR) is 102 cm³/mol. The normalized spacial score (nSPS) is 19.9. The second-order valence-corrected chi connectivity index (χ2v) is 6.47. The van der Waals surface area contributed by atoms with Crippen molar-refractivity contribution in [3.63, 3.8) is 0 Å². The molecule has 0 saturated carbocycles. The maximum atomic E-state index is 10.4. The smallest absolute Gasteiger partial charge is 0.174 e. The number of hydrogen-bond acceptors (Lipinski definition) is 3. The van der Waals surface area contributed by atoms with Crippen molar-refractivity contribution in [2.45, 2.75) is 19.0 Å². The van der Waals surface area contributed by atoms with Crippen molar-refractivity contribution >= 4 is 23.0 Å². The lowest BCUT2D eigenvalue weighted by Gasteiger charge is -2.27. The molecule has 2 atom stereocenters. The minimum atomic E-state index is -0.135. The second kappa shape index (κ2) is 6.22. The zero-order valence-corrected chi connectivity index (χ0v) is 14.5. The molecular formula is C19H18N4OS. The van der Waals surface area contributed by atoms with Crippen LogP contribution < -0.4 is 10.2 Å². The number of nitrogens with one attached hydrogen (secondary N) is 2. The number of benzene rings is 1. The van der Waals surface area contributed by atoms with Gasteiger partial charge in [0.05, 0.1) is 17.4 Å². The Bertz CT molecular complexity index is 909. The van der Waals surface area contributed by atoms with Gasteiger partial charge < -0.3 is 20.3 Å². The van der Waals surface area contributed by atoms with Crippen LogP contribution in [0.3, 0.4) is 0 Å². The molecule has 1 aromatic carbocycles. The molecule has 0 unspecified atom stereocenters. The van der Waals surface area contributed by atoms with Crippen molar-refractivity contribution in [2.24, 2.45) is 0 Å². The Labute approximate surface area is 151 Å². The lowest BCUT2D eigenvalue weighted by Crippen LogP contribution is -2.29. The summed E-state index contributed by atoms with van der Waals surface area (Å²) < 4.78 is 0. The number of anilines is 1. The molecule has 0 spiro atoms. The highest BCUT2D eigenvalue weighted by atomic mass is 32.1. The summed E-state index contributed by atoms with van der Waals surface area (Å²) in [5.74, 6) is 0.196. The standard InChI is InChI=1S/C19H18N4OS/c1-12-9-10-14(21-12)18-17(13-6-4-5-11-20-13)22-19(25)23(18)15-7-2-3-8-16(15)24/h2-11,17-18,21,24H,1H3,(H,22,25)/t17-,18-/m1/s1. The number of aryl methyl sites for hydroxylation is 1. The molecule has 1 saturated heterocycles. The van der Waals surface area contributed by atoms with E-state index >= 15 is 0 Å². The number of H-pyrrole nitrogens is 1. The fourth-order valence-corrected chi connectivity index (χ4v) is 3.64. The van der Waals surface area contributed by atoms with E-state index in [1.165, 1.54) is 0 Å². The fourth-order valence-electron chi connectivity index (χ4n) is 3.30. The SMILES string of the molecule is Cc1ccc([C@@H]2[C@@H](c3ccccn3)NC(=S)N2c2ccccc2O)[nH]1. The number of hydrogen-bond donors (Lipinski definition) is 3. The van der Waals surface area contributed by atoms with Gasteiger partial charge in [-0.15, -0.1) is 0 Å². The van der Waals surface area contributed by atoms with Crippen molar-refractivity contribution in [1.82, 2.24) is 15.3 Å². The predicted octanol–water partition coefficient (Wildman–Crippen LogP) is 3.60. The monoisotopic (exact) mass is 350 g/mol. The Balaban J connectivity index is 1.85. The van der Waals surface area contributed by atoms with Crippen LogP contribution >= 0.6 is 12.2 Å². The van der Waals surface area contributed by atoms with Gasteiger partial charge in [0.1, 0.15) is 11.8 Å². The maximum Gasteiger partial charge on any atom is 0.174 e. The van der Waals surface area contributed by atoms with Gasteiger partial charge in [-0.05, 0) is 55.5 Å². The topological polar surface area (TPSA) is 64.2 Å². The number of aromatic amines is 1. The van der Waals surface area contributed by atoms with Crippen LogP contribution in [0.25, 0.3) is 0 Å². The van der Waals surface area contributed by atoms with Crippen molar-refractivity contribution < 1.29 is 5.11 Å². The number of para-hydroxylation sites is 2. The first-order valence-corrected chi connectivity index (χ1v) is 8.50. The van der Waals surface area contributed by atoms with E-state index in [1.54, 1.807) is 18.3 Å². The Morgan fingerprint density at radius 3 is 2.56 bits per heavy atom. The summed E-state index contributed by atoms with van der Waals surface area (Å²) in [6, 6.07) is 16.9. The van der Waals surface area contributed by atoms with Crippen LogP contribution in [0.4, 0.5) is 5.69 Å². The zero-order chi connectivity index (χ0) is 17.4. The third kappa shape index (κ3) is 2.74. The molecule has 4 rings (SSSR count). The van der Waals surface area contributed by atoms with Crippen LogP contribution in [0, 0.1) is 6.92 Å². The summed E-state index contributed by atoms with van der Waals surface area (Å²) in [5, 5.41) is 14.3. The van der Waals surface area contributed by atoms with Gasteiger partial charge in [-0.3, -0.25) is 4.98 Å². The van der Waals surface area contributed by atoms with Crippen LogP contribution in [0.2, 0.25) is 0 Å². The van der Waals surface area contributed by atoms with E-state index in [0.717, 1.165) is 17.1 Å². The van der Waals surface area contributed by atoms with Crippen LogP contribution in [-0.4, -0.2) is 20.2 Å². The number of pyridine rings is 1. The van der Waals surface area contributed by atoms with E-state index in [4.69, 9.17) is 12.2 Å². The highest BCUT2D eigenvalue weighted by Gasteiger charge is 2.42. The van der Waals surface area contributed by atoms with E-state index in [9.17, 15) is 5.11 Å². The van der Waals surface area contributed by atoms with Crippen LogP contribution in [0.1, 0.15) is 29.2 Å². The average Bonchev–Trinajstić information content (AvgIpc) is 3.19. The molecule has 0 aliphatic carbocycles. The molecule has 0 bridgehead atoms. The number of thiocarbonyl (C=S) groups is 1. The largest absolute Gasteiger partial charge is 0.506 e. The Morgan fingerprint density at radius 2 is 1.88 bits per heavy atom. The molecule has 0 radical (unpaired) electrons. The van der Waals surface area contributed by atoms with E-state index in [-0.39, 0.29) is 17.8 Å². The molecule has 1 aliphatic rings. The van der Waals surface area contributed by atoms with Crippen LogP contribution in [0.15, 0.2) is 60.8 Å². The number of aromatic nitrogens is 2. The first-order valence-electron chi connectivity index (χ1n) is 8.09. The number of phenolic OH excluding ortho intramolecular Hbond substituents is 1. The fraction of sp³-hybridized carbons (Fsp3) is 0.158. The summed E-state index contributed by atoms with van der Waals surface area (Å²) in [5.41, 5.74) is 3.67. The molecule has 6 heteroatoms. The number of nitrogens with zero attached hydrogens (tertiary/aromatic N) is 2. The summed E-state index contributed by atoms with van der Waals surface area (Å²) in [6.07, 6.45) is 1.78. The first-order chi connectivity index (χ1) is 12.1. The summed E-state index contributed by atoms with van der Waals surface area (Å²) in [6.45, 7) is 2.02. The molecule has 3 aromatic rings. The number of aromatic hydroxyl groups is 1. The maximum absolute atomic E-state index is 10.4. The van der Waals surface area contributed by atoms with Gasteiger partial charge in [-0.1, -0.05) is 18.2 Å². The Kier molecular flexibility index (Phi) is 3.89. The zero-order valence-electron chi connectivity index (χ0n) is 13.7. The van der Waals surface area contributed by atoms with Gasteiger partial charge in [-0.2, -0.15) is 0 Å². The van der Waals surface area contributed by atoms with E-state index in [2.05, 4.69) is 21.4 Å². The van der Waals surface area contributed by atoms with E-state index in [1.807, 2.05) is 48.2 Å². The highest BCUT2D eigenvalue weighted by Crippen LogP contribution is 2.43. The lowest BCUT2D eigenvalue weighted by atomic mass is 10.0. The molecule has 2 aromatic heterocycles. The molecule has 25 heavy (non-hydrogen) atoms. The molecule has 1 fully saturated rings. The molecule has 3 N–H and O–H groups in total. The van der Waals surface area contributed by atoms with Gasteiger partial charge in [0, 0.05) is 17.6 Å². The van der Waals surface area contributed by atoms with Crippen molar-refractivity contribution in [2.75, 3.05) is 4.90 Å². The quantitative estimate of drug-likeness (QED) is 0.630. The Morgan fingerprint density at radius 1 is 1.08 bits per heavy atom. The van der Waals surface area contributed by atoms with Crippen molar-refractivity contribution in [3.05, 3.63) is 77.9 Å². The van der Waals surface area contributed by atoms with Gasteiger partial charge in [-0.25, -0.2) is 0 Å². The molecule has 5 nitrogen and oxygen atoms in total. The molecule has 0 amide bonds. The van der Waals surface area contributed by atoms with Crippen LogP contribution in [-0.2, 0) is 0 Å². The van der Waals surface area contributed by atoms with E-state index < -0.39 is 0 Å². The summed E-state index contributed by atoms with van der Waals surface area (Å²) >= 11 is 5.61. The summed E-state index contributed by atoms with van der Waals surface area (Å²) in [4.78, 5) is 9.86. The molecule has 1 aliphatic heterocycles. The van der Waals surface area contributed by atoms with Gasteiger partial charge >= 0.3 is 0 Å². The third-order valence-electron chi connectivity index (χ3n) is 4.41. The molecular weight excluding hydrogens is 332 g/mol. The van der Waals surface area contributed by atoms with Gasteiger partial charge in [0.25, 0.3) is 0 Å².